The van der Waals surface area contributed by atoms with Gasteiger partial charge in [-0.3, -0.25) is 14.8 Å². The summed E-state index contributed by atoms with van der Waals surface area (Å²) in [6.45, 7) is 5.41. The zero-order chi connectivity index (χ0) is 22.9. The van der Waals surface area contributed by atoms with Gasteiger partial charge in [-0.25, -0.2) is 14.9 Å². The van der Waals surface area contributed by atoms with Gasteiger partial charge in [0.1, 0.15) is 5.65 Å². The Kier molecular flexibility index (Phi) is 5.84. The van der Waals surface area contributed by atoms with E-state index in [2.05, 4.69) is 16.0 Å². The highest BCUT2D eigenvalue weighted by Gasteiger charge is 2.33. The lowest BCUT2D eigenvalue weighted by Gasteiger charge is -2.37. The SMILES string of the molecule is CC(C)(F)C(=O)N1CCN(c2cnc3c(ccn3Cc3ccc(C(=O)NO)cc3)c2)CC1. The summed E-state index contributed by atoms with van der Waals surface area (Å²) in [6.07, 6.45) is 3.79. The molecule has 3 heterocycles. The number of pyridine rings is 1. The Morgan fingerprint density at radius 1 is 1.12 bits per heavy atom. The first-order valence-corrected chi connectivity index (χ1v) is 10.5. The number of nitrogens with zero attached hydrogens (tertiary/aromatic N) is 4. The van der Waals surface area contributed by atoms with Crippen LogP contribution in [-0.2, 0) is 11.3 Å². The molecule has 2 amide bonds. The first-order chi connectivity index (χ1) is 15.3. The highest BCUT2D eigenvalue weighted by molar-refractivity contribution is 5.93. The summed E-state index contributed by atoms with van der Waals surface area (Å²) in [5, 5.41) is 9.72. The van der Waals surface area contributed by atoms with Crippen LogP contribution in [0.25, 0.3) is 11.0 Å². The van der Waals surface area contributed by atoms with Gasteiger partial charge in [-0.2, -0.15) is 0 Å². The van der Waals surface area contributed by atoms with Crippen molar-refractivity contribution in [3.63, 3.8) is 0 Å². The van der Waals surface area contributed by atoms with Crippen molar-refractivity contribution in [1.29, 1.82) is 0 Å². The van der Waals surface area contributed by atoms with Gasteiger partial charge in [0.25, 0.3) is 11.8 Å². The average Bonchev–Trinajstić information content (AvgIpc) is 3.20. The number of anilines is 1. The monoisotopic (exact) mass is 439 g/mol. The molecule has 1 aromatic carbocycles. The predicted molar refractivity (Wildman–Crippen MR) is 119 cm³/mol. The molecule has 8 nitrogen and oxygen atoms in total. The fourth-order valence-electron chi connectivity index (χ4n) is 3.93. The predicted octanol–water partition coefficient (Wildman–Crippen LogP) is 2.60. The Bertz CT molecular complexity index is 1130. The Morgan fingerprint density at radius 2 is 1.81 bits per heavy atom. The summed E-state index contributed by atoms with van der Waals surface area (Å²) < 4.78 is 16.0. The molecular weight excluding hydrogens is 413 g/mol. The van der Waals surface area contributed by atoms with Crippen molar-refractivity contribution in [2.24, 2.45) is 0 Å². The molecule has 0 saturated carbocycles. The van der Waals surface area contributed by atoms with Gasteiger partial charge in [-0.05, 0) is 43.7 Å². The second-order valence-electron chi connectivity index (χ2n) is 8.44. The van der Waals surface area contributed by atoms with Gasteiger partial charge in [-0.15, -0.1) is 0 Å². The molecule has 0 aliphatic carbocycles. The number of hydrogen-bond donors (Lipinski definition) is 2. The molecule has 1 saturated heterocycles. The number of carbonyl (C=O) groups excluding carboxylic acids is 2. The van der Waals surface area contributed by atoms with E-state index < -0.39 is 17.5 Å². The Balaban J connectivity index is 1.44. The second kappa shape index (κ2) is 8.58. The van der Waals surface area contributed by atoms with Crippen LogP contribution in [0, 0.1) is 0 Å². The standard InChI is InChI=1S/C23H26FN5O3/c1-23(2,24)22(31)28-11-9-27(10-12-28)19-13-18-7-8-29(20(18)25-14-19)15-16-3-5-17(6-4-16)21(30)26-32/h3-8,13-14,32H,9-12,15H2,1-2H3,(H,26,30). The summed E-state index contributed by atoms with van der Waals surface area (Å²) in [7, 11) is 0. The average molecular weight is 439 g/mol. The Hall–Kier alpha value is -3.46. The van der Waals surface area contributed by atoms with E-state index in [0.29, 0.717) is 38.3 Å². The molecule has 4 rings (SSSR count). The molecule has 2 N–H and O–H groups in total. The lowest BCUT2D eigenvalue weighted by molar-refractivity contribution is -0.142. The quantitative estimate of drug-likeness (QED) is 0.471. The molecule has 0 atom stereocenters. The van der Waals surface area contributed by atoms with E-state index in [0.717, 1.165) is 22.3 Å². The van der Waals surface area contributed by atoms with Gasteiger partial charge in [0.15, 0.2) is 5.67 Å². The van der Waals surface area contributed by atoms with Crippen LogP contribution in [0.4, 0.5) is 10.1 Å². The van der Waals surface area contributed by atoms with E-state index in [1.807, 2.05) is 35.2 Å². The van der Waals surface area contributed by atoms with Gasteiger partial charge < -0.3 is 14.4 Å². The molecule has 0 spiro atoms. The molecule has 0 unspecified atom stereocenters. The fourth-order valence-corrected chi connectivity index (χ4v) is 3.93. The van der Waals surface area contributed by atoms with Crippen molar-refractivity contribution in [1.82, 2.24) is 19.9 Å². The largest absolute Gasteiger partial charge is 0.367 e. The van der Waals surface area contributed by atoms with Crippen LogP contribution in [-0.4, -0.2) is 63.3 Å². The number of piperazine rings is 1. The maximum Gasteiger partial charge on any atom is 0.274 e. The number of hydroxylamine groups is 1. The number of amides is 2. The van der Waals surface area contributed by atoms with Crippen molar-refractivity contribution in [3.05, 3.63) is 59.9 Å². The third-order valence-corrected chi connectivity index (χ3v) is 5.70. The summed E-state index contributed by atoms with van der Waals surface area (Å²) in [4.78, 5) is 32.0. The number of halogens is 1. The van der Waals surface area contributed by atoms with Crippen LogP contribution < -0.4 is 10.4 Å². The van der Waals surface area contributed by atoms with Crippen molar-refractivity contribution < 1.29 is 19.2 Å². The molecule has 32 heavy (non-hydrogen) atoms. The minimum Gasteiger partial charge on any atom is -0.367 e. The number of rotatable bonds is 5. The smallest absolute Gasteiger partial charge is 0.274 e. The molecule has 9 heteroatoms. The van der Waals surface area contributed by atoms with Crippen molar-refractivity contribution in [2.75, 3.05) is 31.1 Å². The summed E-state index contributed by atoms with van der Waals surface area (Å²) in [5.41, 5.74) is 2.97. The number of alkyl halides is 1. The minimum absolute atomic E-state index is 0.383. The zero-order valence-electron chi connectivity index (χ0n) is 18.1. The normalized spacial score (nSPS) is 14.6. The maximum absolute atomic E-state index is 13.9. The topological polar surface area (TPSA) is 90.7 Å². The third kappa shape index (κ3) is 4.43. The Morgan fingerprint density at radius 3 is 2.44 bits per heavy atom. The van der Waals surface area contributed by atoms with E-state index in [-0.39, 0.29) is 0 Å². The molecule has 1 fully saturated rings. The lowest BCUT2D eigenvalue weighted by Crippen LogP contribution is -2.53. The number of hydrogen-bond acceptors (Lipinski definition) is 5. The van der Waals surface area contributed by atoms with Crippen molar-refractivity contribution >= 4 is 28.5 Å². The van der Waals surface area contributed by atoms with Gasteiger partial charge in [0.05, 0.1) is 11.9 Å². The van der Waals surface area contributed by atoms with Gasteiger partial charge >= 0.3 is 0 Å². The van der Waals surface area contributed by atoms with Gasteiger partial charge in [0.2, 0.25) is 0 Å². The number of nitrogens with one attached hydrogen (secondary N) is 1. The van der Waals surface area contributed by atoms with Gasteiger partial charge in [-0.1, -0.05) is 12.1 Å². The number of aromatic nitrogens is 2. The van der Waals surface area contributed by atoms with Crippen LogP contribution in [0.1, 0.15) is 29.8 Å². The maximum atomic E-state index is 13.9. The molecular formula is C23H26FN5O3. The molecule has 1 aliphatic heterocycles. The first kappa shape index (κ1) is 21.8. The fraction of sp³-hybridized carbons (Fsp3) is 0.348. The van der Waals surface area contributed by atoms with Crippen molar-refractivity contribution in [3.8, 4) is 0 Å². The van der Waals surface area contributed by atoms with E-state index in [1.54, 1.807) is 22.5 Å². The molecule has 2 aromatic heterocycles. The second-order valence-corrected chi connectivity index (χ2v) is 8.44. The molecule has 1 aliphatic rings. The molecule has 3 aromatic rings. The zero-order valence-corrected chi connectivity index (χ0v) is 18.1. The van der Waals surface area contributed by atoms with E-state index in [1.165, 1.54) is 13.8 Å². The number of fused-ring (bicyclic) bond motifs is 1. The summed E-state index contributed by atoms with van der Waals surface area (Å²) in [6, 6.07) is 11.1. The highest BCUT2D eigenvalue weighted by atomic mass is 19.1. The first-order valence-electron chi connectivity index (χ1n) is 10.5. The molecule has 168 valence electrons. The molecule has 0 radical (unpaired) electrons. The summed E-state index contributed by atoms with van der Waals surface area (Å²) in [5.74, 6) is -1.01. The minimum atomic E-state index is -1.85. The Labute approximate surface area is 185 Å². The van der Waals surface area contributed by atoms with Crippen LogP contribution in [0.5, 0.6) is 0 Å². The number of carbonyl (C=O) groups is 2. The lowest BCUT2D eigenvalue weighted by atomic mass is 10.1. The van der Waals surface area contributed by atoms with Crippen molar-refractivity contribution in [2.45, 2.75) is 26.1 Å². The van der Waals surface area contributed by atoms with E-state index in [4.69, 9.17) is 5.21 Å². The van der Waals surface area contributed by atoms with Crippen LogP contribution in [0.2, 0.25) is 0 Å². The van der Waals surface area contributed by atoms with Crippen LogP contribution >= 0.6 is 0 Å². The van der Waals surface area contributed by atoms with Crippen LogP contribution in [0.3, 0.4) is 0 Å². The van der Waals surface area contributed by atoms with Gasteiger partial charge in [0, 0.05) is 49.9 Å². The van der Waals surface area contributed by atoms with Crippen LogP contribution in [0.15, 0.2) is 48.8 Å². The third-order valence-electron chi connectivity index (χ3n) is 5.70. The highest BCUT2D eigenvalue weighted by Crippen LogP contribution is 2.24. The van der Waals surface area contributed by atoms with E-state index >= 15 is 0 Å². The number of benzene rings is 1. The summed E-state index contributed by atoms with van der Waals surface area (Å²) >= 11 is 0. The molecule has 0 bridgehead atoms. The van der Waals surface area contributed by atoms with E-state index in [9.17, 15) is 14.0 Å².